The summed E-state index contributed by atoms with van der Waals surface area (Å²) < 4.78 is 26.2. The number of amides is 5. The minimum Gasteiger partial charge on any atom is -0.363 e. The average Bonchev–Trinajstić information content (AvgIpc) is 3.20. The zero-order valence-corrected chi connectivity index (χ0v) is 27.6. The predicted molar refractivity (Wildman–Crippen MR) is 163 cm³/mol. The standard InChI is InChI=1S/C30H50N6O7S/c1-28(2,3)23(34-27(41)35-30(13-8-7-9-14-30)16-32-44(6,42)43)26(40)36-15-18-19(29(18,4)5)21(36)25(39)33-20(17-11-10-12-17)22(37)24(31)38/h17-21,23,32H,7-16H2,1-6H3,(H2,31,38)(H,33,39)(H2,34,35,41)/t18-,19-,20?,21-,23+/m0/s1. The van der Waals surface area contributed by atoms with E-state index in [9.17, 15) is 32.4 Å². The monoisotopic (exact) mass is 638 g/mol. The third kappa shape index (κ3) is 7.21. The van der Waals surface area contributed by atoms with Gasteiger partial charge in [-0.15, -0.1) is 0 Å². The Morgan fingerprint density at radius 3 is 2.09 bits per heavy atom. The molecular weight excluding hydrogens is 588 g/mol. The van der Waals surface area contributed by atoms with Crippen LogP contribution in [-0.2, 0) is 29.2 Å². The summed E-state index contributed by atoms with van der Waals surface area (Å²) in [6.45, 7) is 9.94. The first-order chi connectivity index (χ1) is 20.3. The first-order valence-electron chi connectivity index (χ1n) is 15.8. The van der Waals surface area contributed by atoms with Crippen molar-refractivity contribution in [2.45, 2.75) is 110 Å². The molecule has 0 aromatic heterocycles. The number of nitrogens with two attached hydrogens (primary N) is 1. The Morgan fingerprint density at radius 2 is 1.59 bits per heavy atom. The van der Waals surface area contributed by atoms with Crippen molar-refractivity contribution in [3.8, 4) is 0 Å². The van der Waals surface area contributed by atoms with Gasteiger partial charge in [0.2, 0.25) is 27.6 Å². The number of nitrogens with one attached hydrogen (secondary N) is 4. The highest BCUT2D eigenvalue weighted by Crippen LogP contribution is 2.65. The number of urea groups is 1. The number of Topliss-reactive ketones (excluding diaryl/α,β-unsaturated/α-hetero) is 1. The molecule has 0 radical (unpaired) electrons. The second kappa shape index (κ2) is 12.2. The molecule has 5 amide bonds. The maximum atomic E-state index is 14.2. The molecule has 4 fully saturated rings. The molecular formula is C30H50N6O7S. The summed E-state index contributed by atoms with van der Waals surface area (Å²) in [4.78, 5) is 67.5. The van der Waals surface area contributed by atoms with E-state index in [0.29, 0.717) is 32.2 Å². The summed E-state index contributed by atoms with van der Waals surface area (Å²) in [7, 11) is -3.48. The topological polar surface area (TPSA) is 197 Å². The van der Waals surface area contributed by atoms with E-state index in [1.54, 1.807) is 0 Å². The van der Waals surface area contributed by atoms with Gasteiger partial charge in [-0.25, -0.2) is 17.9 Å². The van der Waals surface area contributed by atoms with Crippen molar-refractivity contribution >= 4 is 39.6 Å². The van der Waals surface area contributed by atoms with Gasteiger partial charge in [-0.3, -0.25) is 19.2 Å². The van der Waals surface area contributed by atoms with E-state index in [1.807, 2.05) is 34.6 Å². The van der Waals surface area contributed by atoms with Crippen molar-refractivity contribution in [1.29, 1.82) is 0 Å². The van der Waals surface area contributed by atoms with E-state index >= 15 is 0 Å². The molecule has 5 atom stereocenters. The van der Waals surface area contributed by atoms with Crippen LogP contribution in [0.4, 0.5) is 4.79 Å². The molecule has 1 unspecified atom stereocenters. The largest absolute Gasteiger partial charge is 0.363 e. The molecule has 4 rings (SSSR count). The fraction of sp³-hybridized carbons (Fsp3) is 0.833. The predicted octanol–water partition coefficient (Wildman–Crippen LogP) is 0.775. The van der Waals surface area contributed by atoms with Gasteiger partial charge in [0.15, 0.2) is 0 Å². The quantitative estimate of drug-likeness (QED) is 0.206. The Morgan fingerprint density at radius 1 is 0.977 bits per heavy atom. The number of carbonyl (C=O) groups is 5. The molecule has 6 N–H and O–H groups in total. The van der Waals surface area contributed by atoms with Crippen LogP contribution in [0.2, 0.25) is 0 Å². The lowest BCUT2D eigenvalue weighted by molar-refractivity contribution is -0.145. The first kappa shape index (κ1) is 34.1. The van der Waals surface area contributed by atoms with Gasteiger partial charge in [0.05, 0.1) is 11.8 Å². The lowest BCUT2D eigenvalue weighted by atomic mass is 9.78. The molecule has 14 heteroatoms. The van der Waals surface area contributed by atoms with Crippen molar-refractivity contribution in [1.82, 2.24) is 25.6 Å². The molecule has 0 spiro atoms. The highest BCUT2D eigenvalue weighted by molar-refractivity contribution is 7.88. The highest BCUT2D eigenvalue weighted by Gasteiger charge is 2.70. The second-order valence-corrected chi connectivity index (χ2v) is 17.0. The molecule has 0 aromatic rings. The number of likely N-dealkylation sites (tertiary alicyclic amines) is 1. The van der Waals surface area contributed by atoms with Gasteiger partial charge >= 0.3 is 6.03 Å². The lowest BCUT2D eigenvalue weighted by Gasteiger charge is -2.41. The van der Waals surface area contributed by atoms with Crippen LogP contribution in [0.15, 0.2) is 0 Å². The summed E-state index contributed by atoms with van der Waals surface area (Å²) in [6, 6.07) is -3.49. The van der Waals surface area contributed by atoms with E-state index in [0.717, 1.165) is 31.9 Å². The fourth-order valence-electron chi connectivity index (χ4n) is 7.44. The zero-order chi connectivity index (χ0) is 32.8. The second-order valence-electron chi connectivity index (χ2n) is 15.1. The Kier molecular flexibility index (Phi) is 9.48. The molecule has 0 bridgehead atoms. The van der Waals surface area contributed by atoms with Crippen LogP contribution in [-0.4, -0.2) is 85.9 Å². The van der Waals surface area contributed by atoms with Gasteiger partial charge in [-0.1, -0.05) is 60.3 Å². The normalized spacial score (nSPS) is 27.2. The van der Waals surface area contributed by atoms with Crippen molar-refractivity contribution in [2.24, 2.45) is 34.3 Å². The molecule has 0 aromatic carbocycles. The summed E-state index contributed by atoms with van der Waals surface area (Å²) in [5, 5.41) is 8.63. The van der Waals surface area contributed by atoms with Gasteiger partial charge in [0, 0.05) is 13.1 Å². The summed E-state index contributed by atoms with van der Waals surface area (Å²) in [5.41, 5.74) is 3.58. The van der Waals surface area contributed by atoms with Gasteiger partial charge in [0.25, 0.3) is 5.91 Å². The number of nitrogens with zero attached hydrogens (tertiary/aromatic N) is 1. The average molecular weight is 639 g/mol. The van der Waals surface area contributed by atoms with E-state index in [-0.39, 0.29) is 29.7 Å². The van der Waals surface area contributed by atoms with E-state index in [2.05, 4.69) is 20.7 Å². The number of rotatable bonds is 11. The molecule has 3 saturated carbocycles. The summed E-state index contributed by atoms with van der Waals surface area (Å²) in [5.74, 6) is -3.09. The molecule has 1 heterocycles. The Hall–Kier alpha value is -2.74. The number of sulfonamides is 1. The summed E-state index contributed by atoms with van der Waals surface area (Å²) >= 11 is 0. The molecule has 4 aliphatic rings. The Balaban J connectivity index is 1.53. The van der Waals surface area contributed by atoms with Crippen LogP contribution >= 0.6 is 0 Å². The molecule has 3 aliphatic carbocycles. The van der Waals surface area contributed by atoms with Crippen LogP contribution in [0.1, 0.15) is 86.0 Å². The number of piperidine rings is 1. The van der Waals surface area contributed by atoms with E-state index in [1.165, 1.54) is 4.90 Å². The molecule has 1 aliphatic heterocycles. The SMILES string of the molecule is CC(C)(C)[C@H](NC(=O)NC1(CNS(C)(=O)=O)CCCCC1)C(=O)N1C[C@H]2[C@@H]([C@H]1C(=O)NC(C(=O)C(N)=O)C1CCC1)C2(C)C. The Bertz CT molecular complexity index is 1280. The molecule has 248 valence electrons. The smallest absolute Gasteiger partial charge is 0.315 e. The van der Waals surface area contributed by atoms with E-state index < -0.39 is 68.6 Å². The molecule has 1 saturated heterocycles. The van der Waals surface area contributed by atoms with Crippen LogP contribution in [0, 0.1) is 28.6 Å². The maximum Gasteiger partial charge on any atom is 0.315 e. The maximum absolute atomic E-state index is 14.2. The lowest BCUT2D eigenvalue weighted by Crippen LogP contribution is -2.64. The molecule has 13 nitrogen and oxygen atoms in total. The molecule has 44 heavy (non-hydrogen) atoms. The van der Waals surface area contributed by atoms with Crippen molar-refractivity contribution in [3.05, 3.63) is 0 Å². The Labute approximate surface area is 260 Å². The van der Waals surface area contributed by atoms with Gasteiger partial charge in [0.1, 0.15) is 18.1 Å². The van der Waals surface area contributed by atoms with Crippen LogP contribution < -0.4 is 26.4 Å². The number of primary amides is 1. The van der Waals surface area contributed by atoms with Crippen molar-refractivity contribution in [2.75, 3.05) is 19.3 Å². The highest BCUT2D eigenvalue weighted by atomic mass is 32.2. The van der Waals surface area contributed by atoms with Gasteiger partial charge in [-0.05, 0) is 54.3 Å². The number of carbonyl (C=O) groups excluding carboxylic acids is 5. The third-order valence-electron chi connectivity index (χ3n) is 10.5. The number of ketones is 1. The van der Waals surface area contributed by atoms with E-state index in [4.69, 9.17) is 5.73 Å². The minimum atomic E-state index is -3.48. The minimum absolute atomic E-state index is 0.0480. The number of fused-ring (bicyclic) bond motifs is 1. The van der Waals surface area contributed by atoms with Gasteiger partial charge in [-0.2, -0.15) is 0 Å². The van der Waals surface area contributed by atoms with Crippen molar-refractivity contribution in [3.63, 3.8) is 0 Å². The number of hydrogen-bond donors (Lipinski definition) is 5. The van der Waals surface area contributed by atoms with Crippen LogP contribution in [0.3, 0.4) is 0 Å². The third-order valence-corrected chi connectivity index (χ3v) is 11.1. The summed E-state index contributed by atoms with van der Waals surface area (Å²) in [6.07, 6.45) is 7.18. The van der Waals surface area contributed by atoms with Crippen LogP contribution in [0.5, 0.6) is 0 Å². The van der Waals surface area contributed by atoms with Gasteiger partial charge < -0.3 is 26.6 Å². The van der Waals surface area contributed by atoms with Crippen LogP contribution in [0.25, 0.3) is 0 Å². The first-order valence-corrected chi connectivity index (χ1v) is 17.6. The number of hydrogen-bond acceptors (Lipinski definition) is 7. The zero-order valence-electron chi connectivity index (χ0n) is 26.8. The fourth-order valence-corrected chi connectivity index (χ4v) is 7.98. The van der Waals surface area contributed by atoms with Crippen molar-refractivity contribution < 1.29 is 32.4 Å².